The van der Waals surface area contributed by atoms with E-state index in [9.17, 15) is 14.9 Å². The molecule has 5 heteroatoms. The average Bonchev–Trinajstić information content (AvgIpc) is 3.50. The SMILES string of the molecule is O=C=C([N+](=O)[O-])[C]12[CH]3[CH]4[C]5(c6ccccc6)[CH]1[Fe]34251678[CH]2[CH]1[CH]6[CH]7[CH]28. The minimum absolute atomic E-state index is 0.0410. The Morgan fingerprint density at radius 1 is 1.09 bits per heavy atom. The zero-order valence-electron chi connectivity index (χ0n) is 12.0. The van der Waals surface area contributed by atoms with E-state index in [0.717, 1.165) is 28.9 Å². The van der Waals surface area contributed by atoms with Crippen LogP contribution in [0.3, 0.4) is 0 Å². The monoisotopic (exact) mass is 347 g/mol. The van der Waals surface area contributed by atoms with Crippen LogP contribution in [-0.2, 0) is 15.6 Å². The molecule has 1 aromatic carbocycles. The molecule has 0 bridgehead atoms. The molecule has 5 atom stereocenters. The number of benzene rings is 1. The molecule has 11 rings (SSSR count). The Hall–Kier alpha value is -1.41. The molecule has 23 heavy (non-hydrogen) atoms. The average molecular weight is 347 g/mol. The van der Waals surface area contributed by atoms with Gasteiger partial charge in [0.05, 0.1) is 0 Å². The van der Waals surface area contributed by atoms with Crippen LogP contribution in [0.4, 0.5) is 0 Å². The van der Waals surface area contributed by atoms with Gasteiger partial charge in [0.15, 0.2) is 0 Å². The Morgan fingerprint density at radius 2 is 1.70 bits per heavy atom. The van der Waals surface area contributed by atoms with Crippen molar-refractivity contribution >= 4 is 5.94 Å². The van der Waals surface area contributed by atoms with Crippen LogP contribution in [0, 0.1) is 10.1 Å². The van der Waals surface area contributed by atoms with Gasteiger partial charge in [-0.2, -0.15) is 0 Å². The van der Waals surface area contributed by atoms with E-state index in [1.165, 1.54) is 5.56 Å². The van der Waals surface area contributed by atoms with Gasteiger partial charge in [0.1, 0.15) is 0 Å². The van der Waals surface area contributed by atoms with Crippen molar-refractivity contribution in [2.75, 3.05) is 0 Å². The van der Waals surface area contributed by atoms with E-state index in [0.29, 0.717) is 13.9 Å². The normalized spacial score (nSPS) is 93.6. The molecule has 10 fully saturated rings. The van der Waals surface area contributed by atoms with Crippen molar-refractivity contribution in [1.82, 2.24) is 0 Å². The van der Waals surface area contributed by atoms with Gasteiger partial charge in [-0.05, 0) is 0 Å². The second kappa shape index (κ2) is 0.883. The Labute approximate surface area is 121 Å². The molecule has 10 aliphatic rings. The third-order valence-corrected chi connectivity index (χ3v) is 59.4. The van der Waals surface area contributed by atoms with Gasteiger partial charge in [0.2, 0.25) is 0 Å². The summed E-state index contributed by atoms with van der Waals surface area (Å²) < 4.78 is 0.253. The number of carbonyl (C=O) groups excluding carboxylic acids is 1. The molecule has 0 N–H and O–H groups in total. The molecule has 0 aromatic heterocycles. The summed E-state index contributed by atoms with van der Waals surface area (Å²) in [6.07, 6.45) is 0. The fourth-order valence-electron chi connectivity index (χ4n) is 18.9. The van der Waals surface area contributed by atoms with E-state index in [1.807, 2.05) is 5.94 Å². The van der Waals surface area contributed by atoms with Gasteiger partial charge in [0.25, 0.3) is 0 Å². The van der Waals surface area contributed by atoms with Crippen molar-refractivity contribution < 1.29 is 16.2 Å². The van der Waals surface area contributed by atoms with Crippen molar-refractivity contribution in [1.29, 1.82) is 0 Å². The van der Waals surface area contributed by atoms with Crippen LogP contribution in [0.15, 0.2) is 36.0 Å². The maximum atomic E-state index is 11.7. The molecule has 4 nitrogen and oxygen atoms in total. The van der Waals surface area contributed by atoms with E-state index in [1.54, 1.807) is 0 Å². The quantitative estimate of drug-likeness (QED) is 0.361. The Kier molecular flexibility index (Phi) is 0.352. The Balaban J connectivity index is 1.46. The first-order valence-corrected chi connectivity index (χ1v) is 14.8. The van der Waals surface area contributed by atoms with Gasteiger partial charge in [-0.1, -0.05) is 0 Å². The first-order chi connectivity index (χ1) is 10.9. The maximum absolute atomic E-state index is 11.7. The van der Waals surface area contributed by atoms with Crippen molar-refractivity contribution in [3.63, 3.8) is 0 Å². The molecule has 0 radical (unpaired) electrons. The number of hydrogen-bond acceptors (Lipinski definition) is 3. The summed E-state index contributed by atoms with van der Waals surface area (Å²) in [5.41, 5.74) is 1.57. The first-order valence-electron chi connectivity index (χ1n) is 8.59. The third kappa shape index (κ3) is 0.113. The van der Waals surface area contributed by atoms with Crippen LogP contribution in [0.25, 0.3) is 0 Å². The number of fused-ring (bicyclic) bond motifs is 10. The molecular weight excluding hydrogens is 334 g/mol. The Morgan fingerprint density at radius 3 is 2.13 bits per heavy atom. The molecule has 0 saturated carbocycles. The van der Waals surface area contributed by atoms with Gasteiger partial charge < -0.3 is 0 Å². The summed E-state index contributed by atoms with van der Waals surface area (Å²) in [5, 5.41) is 11.7. The second-order valence-corrected chi connectivity index (χ2v) is 35.1. The molecule has 0 aliphatic carbocycles. The molecule has 1 spiro atoms. The predicted molar refractivity (Wildman–Crippen MR) is 77.0 cm³/mol. The van der Waals surface area contributed by atoms with Crippen LogP contribution >= 0.6 is 0 Å². The molecule has 10 aliphatic heterocycles. The fourth-order valence-corrected chi connectivity index (χ4v) is 94.8. The number of allylic oxidation sites excluding steroid dienone is 1. The van der Waals surface area contributed by atoms with Crippen LogP contribution in [0.1, 0.15) is 5.56 Å². The van der Waals surface area contributed by atoms with E-state index in [2.05, 4.69) is 30.3 Å². The molecule has 10 saturated heterocycles. The zero-order valence-corrected chi connectivity index (χ0v) is 13.1. The molecule has 5 unspecified atom stereocenters. The van der Waals surface area contributed by atoms with Crippen molar-refractivity contribution in [3.8, 4) is 0 Å². The van der Waals surface area contributed by atoms with Crippen molar-refractivity contribution in [2.24, 2.45) is 0 Å². The van der Waals surface area contributed by atoms with Gasteiger partial charge in [0, 0.05) is 0 Å². The number of rotatable bonds is 3. The first kappa shape index (κ1) is 9.17. The summed E-state index contributed by atoms with van der Waals surface area (Å²) in [6.45, 7) is -3.99. The standard InChI is InChI=1S/C13H8NO3.C5H5.Fe/c15-9-13(14(16)17)12-7-6-11(8-12)10-4-2-1-3-5-10;1-2-4-5-3-1;/h1-8H;1-5H;. The third-order valence-electron chi connectivity index (χ3n) is 16.7. The number of nitro groups is 1. The van der Waals surface area contributed by atoms with Crippen LogP contribution in [0.5, 0.6) is 0 Å². The zero-order chi connectivity index (χ0) is 14.9. The van der Waals surface area contributed by atoms with Gasteiger partial charge in [-0.15, -0.1) is 0 Å². The van der Waals surface area contributed by atoms with Crippen LogP contribution in [-0.4, -0.2) is 10.9 Å². The van der Waals surface area contributed by atoms with E-state index in [4.69, 9.17) is 0 Å². The second-order valence-electron chi connectivity index (χ2n) is 11.9. The van der Waals surface area contributed by atoms with E-state index >= 15 is 0 Å². The molecule has 0 amide bonds. The summed E-state index contributed by atoms with van der Waals surface area (Å²) >= 11 is 0. The summed E-state index contributed by atoms with van der Waals surface area (Å²) in [4.78, 5) is 29.8. The fraction of sp³-hybridized carbons (Fsp3) is 0.556. The van der Waals surface area contributed by atoms with Crippen LogP contribution < -0.4 is 0 Å². The summed E-state index contributed by atoms with van der Waals surface area (Å²) in [7, 11) is 0. The Bertz CT molecular complexity index is 1450. The van der Waals surface area contributed by atoms with E-state index in [-0.39, 0.29) is 14.9 Å². The molecule has 10 heterocycles. The molecule has 1 aromatic rings. The van der Waals surface area contributed by atoms with Crippen molar-refractivity contribution in [2.45, 2.75) is 47.2 Å². The van der Waals surface area contributed by atoms with E-state index < -0.39 is 6.51 Å². The molecule has 116 valence electrons. The van der Waals surface area contributed by atoms with Gasteiger partial charge in [-0.25, -0.2) is 0 Å². The molecular formula is C18H13FeNO3. The summed E-state index contributed by atoms with van der Waals surface area (Å²) in [5.74, 6) is 1.89. The topological polar surface area (TPSA) is 60.2 Å². The number of hydrogen-bond donors (Lipinski definition) is 0. The minimum atomic E-state index is -3.99. The van der Waals surface area contributed by atoms with Gasteiger partial charge >= 0.3 is 121 Å². The van der Waals surface area contributed by atoms with Gasteiger partial charge in [-0.3, -0.25) is 0 Å². The summed E-state index contributed by atoms with van der Waals surface area (Å²) in [6, 6.07) is 11.0. The number of nitrogens with zero attached hydrogens (tertiary/aromatic N) is 1. The predicted octanol–water partition coefficient (Wildman–Crippen LogP) is 3.84. The van der Waals surface area contributed by atoms with Crippen molar-refractivity contribution in [3.05, 3.63) is 51.7 Å². The van der Waals surface area contributed by atoms with Crippen LogP contribution in [0.2, 0.25) is 42.8 Å².